The molecule has 0 aromatic heterocycles. The molecular formula is C20H25ClN4O. The predicted molar refractivity (Wildman–Crippen MR) is 108 cm³/mol. The van der Waals surface area contributed by atoms with Gasteiger partial charge in [-0.25, -0.2) is 0 Å². The van der Waals surface area contributed by atoms with E-state index in [-0.39, 0.29) is 11.8 Å². The van der Waals surface area contributed by atoms with Gasteiger partial charge in [0, 0.05) is 36.8 Å². The van der Waals surface area contributed by atoms with Crippen LogP contribution in [0.15, 0.2) is 53.5 Å². The highest BCUT2D eigenvalue weighted by atomic mass is 35.5. The summed E-state index contributed by atoms with van der Waals surface area (Å²) in [6, 6.07) is 15.5. The highest BCUT2D eigenvalue weighted by Crippen LogP contribution is 2.11. The summed E-state index contributed by atoms with van der Waals surface area (Å²) in [6.07, 6.45) is 0. The molecule has 0 radical (unpaired) electrons. The van der Waals surface area contributed by atoms with E-state index in [1.54, 1.807) is 7.05 Å². The lowest BCUT2D eigenvalue weighted by Crippen LogP contribution is -2.36. The Bertz CT molecular complexity index is 739. The quantitative estimate of drug-likeness (QED) is 0.533. The number of hydrogen-bond donors (Lipinski definition) is 3. The molecule has 0 aliphatic rings. The van der Waals surface area contributed by atoms with Gasteiger partial charge in [-0.1, -0.05) is 49.7 Å². The van der Waals surface area contributed by atoms with Gasteiger partial charge in [-0.15, -0.1) is 0 Å². The van der Waals surface area contributed by atoms with Crippen molar-refractivity contribution in [1.82, 2.24) is 10.6 Å². The Morgan fingerprint density at radius 1 is 0.962 bits per heavy atom. The summed E-state index contributed by atoms with van der Waals surface area (Å²) in [4.78, 5) is 15.9. The maximum absolute atomic E-state index is 11.7. The van der Waals surface area contributed by atoms with E-state index < -0.39 is 0 Å². The lowest BCUT2D eigenvalue weighted by atomic mass is 10.1. The summed E-state index contributed by atoms with van der Waals surface area (Å²) in [5, 5.41) is 10.1. The number of anilines is 1. The third-order valence-electron chi connectivity index (χ3n) is 3.80. The Balaban J connectivity index is 1.82. The molecule has 0 unspecified atom stereocenters. The Labute approximate surface area is 159 Å². The van der Waals surface area contributed by atoms with Crippen LogP contribution in [0.25, 0.3) is 0 Å². The van der Waals surface area contributed by atoms with E-state index in [0.29, 0.717) is 13.1 Å². The summed E-state index contributed by atoms with van der Waals surface area (Å²) >= 11 is 5.89. The molecule has 6 heteroatoms. The second kappa shape index (κ2) is 9.82. The number of guanidine groups is 1. The Hall–Kier alpha value is -2.53. The highest BCUT2D eigenvalue weighted by molar-refractivity contribution is 6.30. The first-order valence-corrected chi connectivity index (χ1v) is 8.94. The van der Waals surface area contributed by atoms with Crippen molar-refractivity contribution >= 4 is 29.2 Å². The van der Waals surface area contributed by atoms with Gasteiger partial charge in [0.05, 0.1) is 0 Å². The Kier molecular flexibility index (Phi) is 7.48. The molecule has 1 amide bonds. The molecule has 0 saturated carbocycles. The van der Waals surface area contributed by atoms with Crippen LogP contribution < -0.4 is 16.0 Å². The molecule has 0 heterocycles. The number of amides is 1. The molecular weight excluding hydrogens is 348 g/mol. The van der Waals surface area contributed by atoms with Crippen LogP contribution in [-0.2, 0) is 17.9 Å². The van der Waals surface area contributed by atoms with Crippen LogP contribution in [0.2, 0.25) is 5.02 Å². The van der Waals surface area contributed by atoms with E-state index in [1.807, 2.05) is 62.4 Å². The summed E-state index contributed by atoms with van der Waals surface area (Å²) in [7, 11) is 1.74. The molecule has 0 fully saturated rings. The van der Waals surface area contributed by atoms with Gasteiger partial charge >= 0.3 is 0 Å². The average Bonchev–Trinajstić information content (AvgIpc) is 2.64. The number of aliphatic imine (C=N–C) groups is 1. The molecule has 0 aliphatic heterocycles. The second-order valence-electron chi connectivity index (χ2n) is 6.25. The van der Waals surface area contributed by atoms with Crippen molar-refractivity contribution in [2.75, 3.05) is 12.4 Å². The fraction of sp³-hybridized carbons (Fsp3) is 0.300. The largest absolute Gasteiger partial charge is 0.352 e. The van der Waals surface area contributed by atoms with Crippen LogP contribution in [-0.4, -0.2) is 18.9 Å². The molecule has 0 bridgehead atoms. The molecule has 0 saturated heterocycles. The zero-order valence-corrected chi connectivity index (χ0v) is 16.1. The van der Waals surface area contributed by atoms with Crippen molar-refractivity contribution < 1.29 is 4.79 Å². The van der Waals surface area contributed by atoms with Gasteiger partial charge in [-0.05, 0) is 35.4 Å². The van der Waals surface area contributed by atoms with E-state index in [1.165, 1.54) is 0 Å². The minimum absolute atomic E-state index is 0.0164. The third kappa shape index (κ3) is 6.41. The summed E-state index contributed by atoms with van der Waals surface area (Å²) < 4.78 is 0. The molecule has 2 rings (SSSR count). The molecule has 3 N–H and O–H groups in total. The summed E-state index contributed by atoms with van der Waals surface area (Å²) in [5.41, 5.74) is 3.03. The van der Waals surface area contributed by atoms with Crippen LogP contribution in [0.3, 0.4) is 0 Å². The van der Waals surface area contributed by atoms with Gasteiger partial charge in [-0.2, -0.15) is 0 Å². The van der Waals surface area contributed by atoms with Crippen molar-refractivity contribution in [3.63, 3.8) is 0 Å². The number of benzene rings is 2. The topological polar surface area (TPSA) is 65.5 Å². The first kappa shape index (κ1) is 19.8. The normalized spacial score (nSPS) is 11.3. The average molecular weight is 373 g/mol. The zero-order valence-electron chi connectivity index (χ0n) is 15.3. The van der Waals surface area contributed by atoms with Crippen LogP contribution in [0.5, 0.6) is 0 Å². The monoisotopic (exact) mass is 372 g/mol. The molecule has 5 nitrogen and oxygen atoms in total. The molecule has 0 aliphatic carbocycles. The van der Waals surface area contributed by atoms with Crippen molar-refractivity contribution in [2.45, 2.75) is 26.9 Å². The SMILES string of the molecule is CN=C(NCc1ccc(Cl)cc1)NCc1ccc(NC(=O)C(C)C)cc1. The molecule has 138 valence electrons. The number of rotatable bonds is 6. The van der Waals surface area contributed by atoms with Crippen molar-refractivity contribution in [2.24, 2.45) is 10.9 Å². The van der Waals surface area contributed by atoms with E-state index >= 15 is 0 Å². The van der Waals surface area contributed by atoms with E-state index in [0.717, 1.165) is 27.8 Å². The zero-order chi connectivity index (χ0) is 18.9. The molecule has 26 heavy (non-hydrogen) atoms. The predicted octanol–water partition coefficient (Wildman–Crippen LogP) is 3.80. The lowest BCUT2D eigenvalue weighted by molar-refractivity contribution is -0.118. The smallest absolute Gasteiger partial charge is 0.226 e. The number of halogens is 1. The van der Waals surface area contributed by atoms with Crippen LogP contribution in [0.1, 0.15) is 25.0 Å². The fourth-order valence-electron chi connectivity index (χ4n) is 2.19. The summed E-state index contributed by atoms with van der Waals surface area (Å²) in [6.45, 7) is 5.04. The number of carbonyl (C=O) groups excluding carboxylic acids is 1. The second-order valence-corrected chi connectivity index (χ2v) is 6.68. The van der Waals surface area contributed by atoms with Gasteiger partial charge in [0.1, 0.15) is 0 Å². The fourth-order valence-corrected chi connectivity index (χ4v) is 2.31. The number of nitrogens with one attached hydrogen (secondary N) is 3. The van der Waals surface area contributed by atoms with Gasteiger partial charge < -0.3 is 16.0 Å². The highest BCUT2D eigenvalue weighted by Gasteiger charge is 2.06. The summed E-state index contributed by atoms with van der Waals surface area (Å²) in [5.74, 6) is 0.700. The van der Waals surface area contributed by atoms with E-state index in [2.05, 4.69) is 20.9 Å². The number of nitrogens with zero attached hydrogens (tertiary/aromatic N) is 1. The maximum atomic E-state index is 11.7. The Morgan fingerprint density at radius 3 is 1.92 bits per heavy atom. The van der Waals surface area contributed by atoms with E-state index in [4.69, 9.17) is 11.6 Å². The minimum atomic E-state index is -0.0358. The third-order valence-corrected chi connectivity index (χ3v) is 4.05. The first-order valence-electron chi connectivity index (χ1n) is 8.56. The minimum Gasteiger partial charge on any atom is -0.352 e. The Morgan fingerprint density at radius 2 is 1.46 bits per heavy atom. The van der Waals surface area contributed by atoms with Crippen LogP contribution in [0, 0.1) is 5.92 Å². The van der Waals surface area contributed by atoms with Crippen LogP contribution in [0.4, 0.5) is 5.69 Å². The van der Waals surface area contributed by atoms with Crippen molar-refractivity contribution in [1.29, 1.82) is 0 Å². The van der Waals surface area contributed by atoms with E-state index in [9.17, 15) is 4.79 Å². The first-order chi connectivity index (χ1) is 12.5. The van der Waals surface area contributed by atoms with Gasteiger partial charge in [0.2, 0.25) is 5.91 Å². The van der Waals surface area contributed by atoms with Gasteiger partial charge in [-0.3, -0.25) is 9.79 Å². The number of carbonyl (C=O) groups is 1. The van der Waals surface area contributed by atoms with Crippen molar-refractivity contribution in [3.05, 3.63) is 64.7 Å². The maximum Gasteiger partial charge on any atom is 0.226 e. The number of hydrogen-bond acceptors (Lipinski definition) is 2. The van der Waals surface area contributed by atoms with Gasteiger partial charge in [0.15, 0.2) is 5.96 Å². The standard InChI is InChI=1S/C20H25ClN4O/c1-14(2)19(26)25-18-10-6-16(7-11-18)13-24-20(22-3)23-12-15-4-8-17(21)9-5-15/h4-11,14H,12-13H2,1-3H3,(H,25,26)(H2,22,23,24). The van der Waals surface area contributed by atoms with Crippen LogP contribution >= 0.6 is 11.6 Å². The van der Waals surface area contributed by atoms with Crippen molar-refractivity contribution in [3.8, 4) is 0 Å². The lowest BCUT2D eigenvalue weighted by Gasteiger charge is -2.13. The molecule has 0 atom stereocenters. The molecule has 0 spiro atoms. The molecule has 2 aromatic carbocycles. The van der Waals surface area contributed by atoms with Gasteiger partial charge in [0.25, 0.3) is 0 Å². The molecule has 2 aromatic rings.